The van der Waals surface area contributed by atoms with Gasteiger partial charge in [-0.3, -0.25) is 10.1 Å². The molecule has 0 fully saturated rings. The van der Waals surface area contributed by atoms with Gasteiger partial charge in [0, 0.05) is 6.92 Å². The lowest BCUT2D eigenvalue weighted by Gasteiger charge is -2.23. The lowest BCUT2D eigenvalue weighted by molar-refractivity contribution is -0.246. The number of nitrogens with one attached hydrogen (secondary N) is 1. The van der Waals surface area contributed by atoms with E-state index in [9.17, 15) is 9.59 Å². The fourth-order valence-electron chi connectivity index (χ4n) is 1.31. The third-order valence-corrected chi connectivity index (χ3v) is 2.00. The van der Waals surface area contributed by atoms with Crippen LogP contribution in [0.25, 0.3) is 0 Å². The lowest BCUT2D eigenvalue weighted by Crippen LogP contribution is -2.41. The Labute approximate surface area is 113 Å². The lowest BCUT2D eigenvalue weighted by atomic mass is 10.2. The molecule has 112 valence electrons. The number of carbonyl (C=O) groups is 2. The fourth-order valence-corrected chi connectivity index (χ4v) is 1.31. The summed E-state index contributed by atoms with van der Waals surface area (Å²) >= 11 is 0. The first-order valence-corrected chi connectivity index (χ1v) is 6.14. The van der Waals surface area contributed by atoms with Gasteiger partial charge in [-0.2, -0.15) is 0 Å². The van der Waals surface area contributed by atoms with Crippen molar-refractivity contribution in [2.24, 2.45) is 0 Å². The minimum atomic E-state index is -0.591. The zero-order chi connectivity index (χ0) is 14.9. The van der Waals surface area contributed by atoms with Crippen molar-refractivity contribution >= 4 is 12.1 Å². The van der Waals surface area contributed by atoms with Crippen LogP contribution in [0.4, 0.5) is 4.79 Å². The van der Waals surface area contributed by atoms with Gasteiger partial charge in [-0.25, -0.2) is 9.68 Å². The highest BCUT2D eigenvalue weighted by Gasteiger charge is 2.19. The van der Waals surface area contributed by atoms with Gasteiger partial charge in [0.05, 0.1) is 12.6 Å². The van der Waals surface area contributed by atoms with Gasteiger partial charge in [0.2, 0.25) is 0 Å². The number of esters is 1. The average Bonchev–Trinajstić information content (AvgIpc) is 2.21. The van der Waals surface area contributed by atoms with Gasteiger partial charge in [-0.05, 0) is 33.6 Å². The minimum Gasteiger partial charge on any atom is -0.466 e. The Morgan fingerprint density at radius 2 is 1.95 bits per heavy atom. The van der Waals surface area contributed by atoms with E-state index in [0.717, 1.165) is 0 Å². The molecule has 0 aliphatic heterocycles. The molecule has 0 spiro atoms. The molecule has 7 heteroatoms. The SMILES string of the molecule is CC(=O)OCCCC(COO)NC(=O)OC(C)(C)C. The van der Waals surface area contributed by atoms with Gasteiger partial charge in [-0.15, -0.1) is 0 Å². The zero-order valence-electron chi connectivity index (χ0n) is 11.9. The second-order valence-electron chi connectivity index (χ2n) is 5.12. The van der Waals surface area contributed by atoms with E-state index >= 15 is 0 Å². The Morgan fingerprint density at radius 3 is 2.42 bits per heavy atom. The van der Waals surface area contributed by atoms with Crippen molar-refractivity contribution in [1.82, 2.24) is 5.32 Å². The van der Waals surface area contributed by atoms with Crippen molar-refractivity contribution in [2.45, 2.75) is 52.2 Å². The van der Waals surface area contributed by atoms with Gasteiger partial charge >= 0.3 is 12.1 Å². The standard InChI is InChI=1S/C12H23NO6/c1-9(14)17-7-5-6-10(8-18-16)13-11(15)19-12(2,3)4/h10,16H,5-8H2,1-4H3,(H,13,15). The summed E-state index contributed by atoms with van der Waals surface area (Å²) in [6, 6.07) is -0.407. The minimum absolute atomic E-state index is 0.0562. The van der Waals surface area contributed by atoms with Crippen molar-refractivity contribution in [1.29, 1.82) is 0 Å². The van der Waals surface area contributed by atoms with Crippen molar-refractivity contribution in [3.8, 4) is 0 Å². The Hall–Kier alpha value is -1.34. The average molecular weight is 277 g/mol. The molecule has 0 aromatic heterocycles. The third-order valence-electron chi connectivity index (χ3n) is 2.00. The molecule has 0 saturated carbocycles. The molecule has 0 aliphatic rings. The van der Waals surface area contributed by atoms with Crippen LogP contribution in [-0.4, -0.2) is 42.2 Å². The van der Waals surface area contributed by atoms with E-state index in [1.54, 1.807) is 20.8 Å². The molecule has 0 aliphatic carbocycles. The summed E-state index contributed by atoms with van der Waals surface area (Å²) in [5.74, 6) is -0.352. The molecule has 2 N–H and O–H groups in total. The van der Waals surface area contributed by atoms with Crippen molar-refractivity contribution < 1.29 is 29.2 Å². The molecule has 19 heavy (non-hydrogen) atoms. The number of alkyl carbamates (subject to hydrolysis) is 1. The second-order valence-corrected chi connectivity index (χ2v) is 5.12. The van der Waals surface area contributed by atoms with Crippen LogP contribution in [0.1, 0.15) is 40.5 Å². The Kier molecular flexibility index (Phi) is 8.09. The predicted octanol–water partition coefficient (Wildman–Crippen LogP) is 1.71. The molecule has 0 bridgehead atoms. The number of hydrogen-bond acceptors (Lipinski definition) is 6. The van der Waals surface area contributed by atoms with Crippen molar-refractivity contribution in [2.75, 3.05) is 13.2 Å². The summed E-state index contributed by atoms with van der Waals surface area (Å²) < 4.78 is 9.86. The van der Waals surface area contributed by atoms with Gasteiger partial charge < -0.3 is 14.8 Å². The predicted molar refractivity (Wildman–Crippen MR) is 67.6 cm³/mol. The van der Waals surface area contributed by atoms with Gasteiger partial charge in [0.15, 0.2) is 0 Å². The highest BCUT2D eigenvalue weighted by atomic mass is 17.1. The molecule has 0 aromatic carbocycles. The largest absolute Gasteiger partial charge is 0.466 e. The van der Waals surface area contributed by atoms with Crippen LogP contribution in [0.5, 0.6) is 0 Å². The van der Waals surface area contributed by atoms with E-state index in [1.807, 2.05) is 0 Å². The molecule has 1 unspecified atom stereocenters. The second kappa shape index (κ2) is 8.71. The maximum absolute atomic E-state index is 11.5. The van der Waals surface area contributed by atoms with Crippen LogP contribution in [0.3, 0.4) is 0 Å². The van der Waals surface area contributed by atoms with Crippen molar-refractivity contribution in [3.05, 3.63) is 0 Å². The monoisotopic (exact) mass is 277 g/mol. The first kappa shape index (κ1) is 17.7. The highest BCUT2D eigenvalue weighted by molar-refractivity contribution is 5.68. The van der Waals surface area contributed by atoms with Gasteiger partial charge in [0.1, 0.15) is 12.2 Å². The molecular weight excluding hydrogens is 254 g/mol. The molecular formula is C12H23NO6. The molecule has 0 radical (unpaired) electrons. The topological polar surface area (TPSA) is 94.1 Å². The number of hydrogen-bond donors (Lipinski definition) is 2. The maximum atomic E-state index is 11.5. The van der Waals surface area contributed by atoms with Crippen LogP contribution < -0.4 is 5.32 Å². The summed E-state index contributed by atoms with van der Waals surface area (Å²) in [6.07, 6.45) is 0.457. The van der Waals surface area contributed by atoms with E-state index in [1.165, 1.54) is 6.92 Å². The van der Waals surface area contributed by atoms with Crippen molar-refractivity contribution in [3.63, 3.8) is 0 Å². The summed E-state index contributed by atoms with van der Waals surface area (Å²) in [7, 11) is 0. The van der Waals surface area contributed by atoms with Crippen LogP contribution in [0.15, 0.2) is 0 Å². The Balaban J connectivity index is 4.03. The van der Waals surface area contributed by atoms with Crippen LogP contribution in [0, 0.1) is 0 Å². The molecule has 1 amide bonds. The summed E-state index contributed by atoms with van der Waals surface area (Å²) in [5, 5.41) is 11.0. The first-order valence-electron chi connectivity index (χ1n) is 6.14. The van der Waals surface area contributed by atoms with E-state index in [0.29, 0.717) is 12.8 Å². The summed E-state index contributed by atoms with van der Waals surface area (Å²) in [4.78, 5) is 26.1. The zero-order valence-corrected chi connectivity index (χ0v) is 11.9. The number of ether oxygens (including phenoxy) is 2. The third kappa shape index (κ3) is 11.5. The van der Waals surface area contributed by atoms with Crippen LogP contribution in [-0.2, 0) is 19.2 Å². The molecule has 0 heterocycles. The first-order chi connectivity index (χ1) is 8.74. The number of amides is 1. The summed E-state index contributed by atoms with van der Waals surface area (Å²) in [5.41, 5.74) is -0.591. The summed E-state index contributed by atoms with van der Waals surface area (Å²) in [6.45, 7) is 6.79. The fraction of sp³-hybridized carbons (Fsp3) is 0.833. The molecule has 0 saturated heterocycles. The quantitative estimate of drug-likeness (QED) is 0.318. The van der Waals surface area contributed by atoms with E-state index in [4.69, 9.17) is 14.7 Å². The van der Waals surface area contributed by atoms with Gasteiger partial charge in [0.25, 0.3) is 0 Å². The maximum Gasteiger partial charge on any atom is 0.407 e. The molecule has 7 nitrogen and oxygen atoms in total. The van der Waals surface area contributed by atoms with Crippen LogP contribution >= 0.6 is 0 Å². The Bertz CT molecular complexity index is 286. The molecule has 0 aromatic rings. The molecule has 1 atom stereocenters. The Morgan fingerprint density at radius 1 is 1.32 bits per heavy atom. The smallest absolute Gasteiger partial charge is 0.407 e. The van der Waals surface area contributed by atoms with Crippen LogP contribution in [0.2, 0.25) is 0 Å². The highest BCUT2D eigenvalue weighted by Crippen LogP contribution is 2.08. The number of rotatable bonds is 7. The van der Waals surface area contributed by atoms with E-state index < -0.39 is 17.7 Å². The molecule has 0 rings (SSSR count). The normalized spacial score (nSPS) is 12.7. The number of carbonyl (C=O) groups excluding carboxylic acids is 2. The van der Waals surface area contributed by atoms with Gasteiger partial charge in [-0.1, -0.05) is 0 Å². The van der Waals surface area contributed by atoms with E-state index in [-0.39, 0.29) is 19.2 Å². The van der Waals surface area contributed by atoms with E-state index in [2.05, 4.69) is 10.2 Å².